The molecule has 9 heteroatoms. The summed E-state index contributed by atoms with van der Waals surface area (Å²) < 4.78 is 37.7. The zero-order chi connectivity index (χ0) is 14.1. The second-order valence-electron chi connectivity index (χ2n) is 3.06. The van der Waals surface area contributed by atoms with Crippen molar-refractivity contribution in [2.24, 2.45) is 0 Å². The van der Waals surface area contributed by atoms with Crippen molar-refractivity contribution >= 4 is 22.5 Å². The van der Waals surface area contributed by atoms with Crippen LogP contribution in [0.1, 0.15) is 21.5 Å². The van der Waals surface area contributed by atoms with Crippen molar-refractivity contribution in [2.75, 3.05) is 0 Å². The molecule has 0 fully saturated rings. The molecule has 0 saturated carbocycles. The number of carbonyl (C=O) groups excluding carboxylic acids is 1. The average Bonchev–Trinajstić information content (AvgIpc) is 2.25. The van der Waals surface area contributed by atoms with E-state index in [1.54, 1.807) is 0 Å². The summed E-state index contributed by atoms with van der Waals surface area (Å²) in [4.78, 5) is 20.2. The number of hydrogen-bond acceptors (Lipinski definition) is 4. The first-order chi connectivity index (χ1) is 8.18. The van der Waals surface area contributed by atoms with Gasteiger partial charge in [-0.1, -0.05) is 0 Å². The van der Waals surface area contributed by atoms with Gasteiger partial charge in [0.1, 0.15) is 11.6 Å². The maximum atomic E-state index is 12.6. The molecule has 0 radical (unpaired) electrons. The Morgan fingerprint density at radius 3 is 2.33 bits per heavy atom. The summed E-state index contributed by atoms with van der Waals surface area (Å²) in [5, 5.41) is 17.6. The van der Waals surface area contributed by atoms with Crippen LogP contribution in [0.25, 0.3) is 0 Å². The fraction of sp³-hybridized carbons (Fsp3) is 0.111. The Morgan fingerprint density at radius 1 is 1.44 bits per heavy atom. The van der Waals surface area contributed by atoms with E-state index in [2.05, 4.69) is 0 Å². The molecule has 0 aliphatic heterocycles. The zero-order valence-corrected chi connectivity index (χ0v) is 9.04. The summed E-state index contributed by atoms with van der Waals surface area (Å²) >= 11 is 4.96. The van der Waals surface area contributed by atoms with Crippen molar-refractivity contribution in [3.05, 3.63) is 38.9 Å². The highest BCUT2D eigenvalue weighted by molar-refractivity contribution is 6.68. The maximum Gasteiger partial charge on any atom is 0.417 e. The van der Waals surface area contributed by atoms with Crippen LogP contribution < -0.4 is 0 Å². The van der Waals surface area contributed by atoms with E-state index in [0.717, 1.165) is 0 Å². The average molecular weight is 279 g/mol. The third kappa shape index (κ3) is 2.57. The molecular formula is C9H2ClF3N2O3. The van der Waals surface area contributed by atoms with Crippen LogP contribution in [0.15, 0.2) is 12.1 Å². The lowest BCUT2D eigenvalue weighted by atomic mass is 10.0. The van der Waals surface area contributed by atoms with Crippen LogP contribution in [0, 0.1) is 21.4 Å². The Balaban J connectivity index is 3.70. The van der Waals surface area contributed by atoms with E-state index < -0.39 is 38.7 Å². The van der Waals surface area contributed by atoms with Gasteiger partial charge in [0.2, 0.25) is 0 Å². The molecule has 0 saturated heterocycles. The molecular weight excluding hydrogens is 277 g/mol. The smallest absolute Gasteiger partial charge is 0.276 e. The molecule has 0 N–H and O–H groups in total. The van der Waals surface area contributed by atoms with Gasteiger partial charge < -0.3 is 0 Å². The normalized spacial score (nSPS) is 10.8. The van der Waals surface area contributed by atoms with E-state index in [1.165, 1.54) is 6.07 Å². The molecule has 0 aliphatic carbocycles. The molecule has 5 nitrogen and oxygen atoms in total. The molecule has 0 atom stereocenters. The van der Waals surface area contributed by atoms with Gasteiger partial charge in [0.15, 0.2) is 0 Å². The predicted molar refractivity (Wildman–Crippen MR) is 53.0 cm³/mol. The zero-order valence-electron chi connectivity index (χ0n) is 8.29. The lowest BCUT2D eigenvalue weighted by Crippen LogP contribution is -2.12. The van der Waals surface area contributed by atoms with E-state index in [4.69, 9.17) is 16.9 Å². The molecule has 0 amide bonds. The number of hydrogen-bond donors (Lipinski definition) is 0. The number of nitro benzene ring substituents is 1. The van der Waals surface area contributed by atoms with E-state index >= 15 is 0 Å². The minimum absolute atomic E-state index is 0.119. The molecule has 0 aliphatic rings. The van der Waals surface area contributed by atoms with Crippen LogP contribution in [-0.4, -0.2) is 10.2 Å². The van der Waals surface area contributed by atoms with Gasteiger partial charge in [0.05, 0.1) is 10.5 Å². The number of alkyl halides is 3. The molecule has 18 heavy (non-hydrogen) atoms. The lowest BCUT2D eigenvalue weighted by molar-refractivity contribution is -0.385. The summed E-state index contributed by atoms with van der Waals surface area (Å²) in [5.41, 5.74) is -4.25. The summed E-state index contributed by atoms with van der Waals surface area (Å²) in [6.45, 7) is 0. The lowest BCUT2D eigenvalue weighted by Gasteiger charge is -2.10. The van der Waals surface area contributed by atoms with Crippen molar-refractivity contribution in [1.29, 1.82) is 5.26 Å². The second kappa shape index (κ2) is 4.62. The molecule has 0 spiro atoms. The van der Waals surface area contributed by atoms with Gasteiger partial charge in [0.25, 0.3) is 10.9 Å². The van der Waals surface area contributed by atoms with Gasteiger partial charge >= 0.3 is 6.18 Å². The molecule has 0 heterocycles. The highest BCUT2D eigenvalue weighted by Crippen LogP contribution is 2.36. The first-order valence-corrected chi connectivity index (χ1v) is 4.56. The standard InChI is InChI=1S/C9H2ClF3N2O3/c10-8(16)5-1-4(3-14)7(15(17)18)2-6(5)9(11,12)13/h1-2H. The Hall–Kier alpha value is -2.14. The van der Waals surface area contributed by atoms with Gasteiger partial charge in [-0.2, -0.15) is 18.4 Å². The number of nitrogens with zero attached hydrogens (tertiary/aromatic N) is 2. The van der Waals surface area contributed by atoms with Gasteiger partial charge in [-0.3, -0.25) is 14.9 Å². The molecule has 0 bridgehead atoms. The Kier molecular flexibility index (Phi) is 3.57. The second-order valence-corrected chi connectivity index (χ2v) is 3.40. The monoisotopic (exact) mass is 278 g/mol. The van der Waals surface area contributed by atoms with E-state index in [0.29, 0.717) is 6.07 Å². The highest BCUT2D eigenvalue weighted by Gasteiger charge is 2.37. The van der Waals surface area contributed by atoms with Crippen LogP contribution in [0.2, 0.25) is 0 Å². The molecule has 1 rings (SSSR count). The van der Waals surface area contributed by atoms with E-state index in [-0.39, 0.29) is 6.07 Å². The molecule has 94 valence electrons. The number of rotatable bonds is 2. The number of nitriles is 1. The maximum absolute atomic E-state index is 12.6. The van der Waals surface area contributed by atoms with E-state index in [1.807, 2.05) is 0 Å². The van der Waals surface area contributed by atoms with Crippen molar-refractivity contribution in [3.8, 4) is 6.07 Å². The molecule has 0 unspecified atom stereocenters. The fourth-order valence-corrected chi connectivity index (χ4v) is 1.38. The summed E-state index contributed by atoms with van der Waals surface area (Å²) in [6.07, 6.45) is -4.99. The van der Waals surface area contributed by atoms with Crippen LogP contribution in [0.3, 0.4) is 0 Å². The number of carbonyl (C=O) groups is 1. The minimum Gasteiger partial charge on any atom is -0.276 e. The Labute approximate surface area is 103 Å². The fourth-order valence-electron chi connectivity index (χ4n) is 1.23. The Morgan fingerprint density at radius 2 is 2.00 bits per heavy atom. The van der Waals surface area contributed by atoms with Gasteiger partial charge in [0, 0.05) is 11.6 Å². The van der Waals surface area contributed by atoms with Crippen molar-refractivity contribution in [3.63, 3.8) is 0 Å². The largest absolute Gasteiger partial charge is 0.417 e. The molecule has 1 aromatic rings. The van der Waals surface area contributed by atoms with Crippen molar-refractivity contribution < 1.29 is 22.9 Å². The molecule has 1 aromatic carbocycles. The molecule has 0 aromatic heterocycles. The highest BCUT2D eigenvalue weighted by atomic mass is 35.5. The first-order valence-electron chi connectivity index (χ1n) is 4.18. The van der Waals surface area contributed by atoms with Crippen LogP contribution in [0.4, 0.5) is 18.9 Å². The third-order valence-electron chi connectivity index (χ3n) is 1.97. The summed E-state index contributed by atoms with van der Waals surface area (Å²) in [5.74, 6) is 0. The first kappa shape index (κ1) is 13.9. The number of benzene rings is 1. The quantitative estimate of drug-likeness (QED) is 0.473. The van der Waals surface area contributed by atoms with Gasteiger partial charge in [-0.15, -0.1) is 0 Å². The van der Waals surface area contributed by atoms with Crippen molar-refractivity contribution in [2.45, 2.75) is 6.18 Å². The topological polar surface area (TPSA) is 84.0 Å². The number of nitro groups is 1. The minimum atomic E-state index is -4.99. The van der Waals surface area contributed by atoms with Gasteiger partial charge in [-0.05, 0) is 17.7 Å². The van der Waals surface area contributed by atoms with Gasteiger partial charge in [-0.25, -0.2) is 0 Å². The predicted octanol–water partition coefficient (Wildman–Crippen LogP) is 2.86. The summed E-state index contributed by atoms with van der Waals surface area (Å²) in [7, 11) is 0. The van der Waals surface area contributed by atoms with Crippen LogP contribution >= 0.6 is 11.6 Å². The third-order valence-corrected chi connectivity index (χ3v) is 2.17. The van der Waals surface area contributed by atoms with Crippen molar-refractivity contribution in [1.82, 2.24) is 0 Å². The number of halogens is 4. The van der Waals surface area contributed by atoms with E-state index in [9.17, 15) is 28.1 Å². The summed E-state index contributed by atoms with van der Waals surface area (Å²) in [6, 6.07) is 1.90. The Bertz CT molecular complexity index is 578. The SMILES string of the molecule is N#Cc1cc(C(=O)Cl)c(C(F)(F)F)cc1[N+](=O)[O-]. The van der Waals surface area contributed by atoms with Crippen LogP contribution in [0.5, 0.6) is 0 Å². The van der Waals surface area contributed by atoms with Crippen LogP contribution in [-0.2, 0) is 6.18 Å².